The van der Waals surface area contributed by atoms with Crippen molar-refractivity contribution >= 4 is 21.4 Å². The lowest BCUT2D eigenvalue weighted by Gasteiger charge is -2.34. The summed E-state index contributed by atoms with van der Waals surface area (Å²) in [5.74, 6) is 1.40. The summed E-state index contributed by atoms with van der Waals surface area (Å²) in [5.41, 5.74) is 0.348. The number of aromatic nitrogens is 3. The molecule has 8 nitrogen and oxygen atoms in total. The zero-order valence-corrected chi connectivity index (χ0v) is 15.2. The maximum atomic E-state index is 12.1. The number of anilines is 1. The van der Waals surface area contributed by atoms with Crippen molar-refractivity contribution in [3.8, 4) is 11.4 Å². The van der Waals surface area contributed by atoms with Crippen molar-refractivity contribution < 1.29 is 8.95 Å². The molecule has 2 aromatic rings. The summed E-state index contributed by atoms with van der Waals surface area (Å²) in [4.78, 5) is 25.3. The number of rotatable bonds is 3. The lowest BCUT2D eigenvalue weighted by Crippen LogP contribution is -2.44. The Kier molecular flexibility index (Phi) is 4.87. The summed E-state index contributed by atoms with van der Waals surface area (Å²) in [6.07, 6.45) is 4.66. The number of pyridine rings is 1. The first kappa shape index (κ1) is 17.6. The Labute approximate surface area is 146 Å². The zero-order valence-electron chi connectivity index (χ0n) is 14.4. The molecular weight excluding hydrogens is 342 g/mol. The van der Waals surface area contributed by atoms with Crippen LogP contribution in [0.3, 0.4) is 0 Å². The van der Waals surface area contributed by atoms with Crippen LogP contribution in [0, 0.1) is 0 Å². The highest BCUT2D eigenvalue weighted by Gasteiger charge is 2.22. The molecule has 0 amide bonds. The molecule has 0 unspecified atom stereocenters. The fourth-order valence-corrected chi connectivity index (χ4v) is 3.17. The first-order valence-corrected chi connectivity index (χ1v) is 10.2. The number of hydrogen-bond donors (Lipinski definition) is 1. The Morgan fingerprint density at radius 1 is 1.36 bits per heavy atom. The number of H-pyrrole nitrogens is 1. The minimum absolute atomic E-state index is 0.149. The minimum Gasteiger partial charge on any atom is -0.377 e. The van der Waals surface area contributed by atoms with Crippen LogP contribution >= 0.6 is 0 Å². The fraction of sp³-hybridized carbons (Fsp3) is 0.438. The maximum Gasteiger partial charge on any atom is 0.248 e. The van der Waals surface area contributed by atoms with E-state index >= 15 is 0 Å². The first-order chi connectivity index (χ1) is 11.8. The van der Waals surface area contributed by atoms with E-state index in [1.807, 2.05) is 6.92 Å². The molecule has 0 radical (unpaired) electrons. The molecule has 1 fully saturated rings. The summed E-state index contributed by atoms with van der Waals surface area (Å²) in [5, 5.41) is 0. The van der Waals surface area contributed by atoms with Gasteiger partial charge in [-0.1, -0.05) is 0 Å². The highest BCUT2D eigenvalue weighted by Crippen LogP contribution is 2.26. The highest BCUT2D eigenvalue weighted by molar-refractivity contribution is 7.92. The molecule has 1 atom stereocenters. The topological polar surface area (TPSA) is 101 Å². The molecule has 25 heavy (non-hydrogen) atoms. The highest BCUT2D eigenvalue weighted by atomic mass is 32.2. The molecule has 1 saturated heterocycles. The monoisotopic (exact) mass is 363 g/mol. The standard InChI is InChI=1S/C16H21N5O3S/c1-11-10-24-7-6-21(11)14-9-13(20-25(2,3)23)18-16(19-14)12-4-5-17-15(22)8-12/h4-5,8-9,11H,6-7,10H2,1-3H3,(H,17,22)/t11-/m1/s1. The Morgan fingerprint density at radius 2 is 2.16 bits per heavy atom. The third-order valence-electron chi connectivity index (χ3n) is 3.71. The van der Waals surface area contributed by atoms with Gasteiger partial charge in [0.1, 0.15) is 5.82 Å². The molecule has 3 heterocycles. The van der Waals surface area contributed by atoms with Crippen molar-refractivity contribution in [2.75, 3.05) is 37.2 Å². The second-order valence-electron chi connectivity index (χ2n) is 6.24. The molecule has 1 aliphatic heterocycles. The van der Waals surface area contributed by atoms with Crippen molar-refractivity contribution in [1.29, 1.82) is 0 Å². The van der Waals surface area contributed by atoms with Gasteiger partial charge in [-0.05, 0) is 13.0 Å². The molecule has 0 spiro atoms. The van der Waals surface area contributed by atoms with Gasteiger partial charge in [0.15, 0.2) is 11.6 Å². The molecule has 2 aromatic heterocycles. The predicted molar refractivity (Wildman–Crippen MR) is 97.8 cm³/mol. The van der Waals surface area contributed by atoms with Crippen LogP contribution in [0.15, 0.2) is 33.6 Å². The van der Waals surface area contributed by atoms with E-state index in [0.29, 0.717) is 42.8 Å². The summed E-state index contributed by atoms with van der Waals surface area (Å²) in [6, 6.07) is 5.03. The number of nitrogens with zero attached hydrogens (tertiary/aromatic N) is 4. The number of morpholine rings is 1. The van der Waals surface area contributed by atoms with E-state index in [4.69, 9.17) is 4.74 Å². The Hall–Kier alpha value is -2.26. The van der Waals surface area contributed by atoms with E-state index in [9.17, 15) is 9.00 Å². The van der Waals surface area contributed by atoms with Gasteiger partial charge in [-0.25, -0.2) is 14.2 Å². The third-order valence-corrected chi connectivity index (χ3v) is 4.33. The second kappa shape index (κ2) is 6.93. The number of ether oxygens (including phenoxy) is 1. The number of hydrogen-bond acceptors (Lipinski definition) is 7. The van der Waals surface area contributed by atoms with Gasteiger partial charge in [-0.15, -0.1) is 0 Å². The van der Waals surface area contributed by atoms with Crippen LogP contribution < -0.4 is 10.5 Å². The lowest BCUT2D eigenvalue weighted by atomic mass is 10.2. The van der Waals surface area contributed by atoms with E-state index in [1.54, 1.807) is 30.8 Å². The predicted octanol–water partition coefficient (Wildman–Crippen LogP) is 1.42. The average molecular weight is 363 g/mol. The zero-order chi connectivity index (χ0) is 18.0. The third kappa shape index (κ3) is 4.43. The molecule has 1 N–H and O–H groups in total. The van der Waals surface area contributed by atoms with Crippen LogP contribution in [0.4, 0.5) is 11.6 Å². The van der Waals surface area contributed by atoms with Crippen LogP contribution in [0.25, 0.3) is 11.4 Å². The molecule has 0 saturated carbocycles. The Balaban J connectivity index is 2.14. The van der Waals surface area contributed by atoms with Gasteiger partial charge in [0.2, 0.25) is 5.56 Å². The van der Waals surface area contributed by atoms with Gasteiger partial charge in [0.05, 0.1) is 19.3 Å². The molecular formula is C16H21N5O3S. The van der Waals surface area contributed by atoms with Crippen LogP contribution in [-0.4, -0.2) is 57.5 Å². The van der Waals surface area contributed by atoms with Crippen LogP contribution in [-0.2, 0) is 14.5 Å². The van der Waals surface area contributed by atoms with E-state index in [0.717, 1.165) is 0 Å². The molecule has 0 aromatic carbocycles. The first-order valence-electron chi connectivity index (χ1n) is 7.91. The molecule has 0 bridgehead atoms. The van der Waals surface area contributed by atoms with Crippen LogP contribution in [0.1, 0.15) is 6.92 Å². The summed E-state index contributed by atoms with van der Waals surface area (Å²) < 4.78 is 21.8. The van der Waals surface area contributed by atoms with Gasteiger partial charge in [-0.2, -0.15) is 4.36 Å². The average Bonchev–Trinajstić information content (AvgIpc) is 2.53. The van der Waals surface area contributed by atoms with E-state index in [1.165, 1.54) is 6.07 Å². The fourth-order valence-electron chi connectivity index (χ4n) is 2.62. The van der Waals surface area contributed by atoms with Crippen LogP contribution in [0.5, 0.6) is 0 Å². The lowest BCUT2D eigenvalue weighted by molar-refractivity contribution is 0.0985. The van der Waals surface area contributed by atoms with Gasteiger partial charge < -0.3 is 14.6 Å². The Bertz CT molecular complexity index is 941. The van der Waals surface area contributed by atoms with Gasteiger partial charge >= 0.3 is 0 Å². The van der Waals surface area contributed by atoms with Gasteiger partial charge in [0, 0.05) is 52.7 Å². The smallest absolute Gasteiger partial charge is 0.248 e. The maximum absolute atomic E-state index is 12.1. The molecule has 0 aliphatic carbocycles. The normalized spacial score (nSPS) is 18.2. The van der Waals surface area contributed by atoms with Gasteiger partial charge in [-0.3, -0.25) is 4.79 Å². The number of nitrogens with one attached hydrogen (secondary N) is 1. The molecule has 3 rings (SSSR count). The second-order valence-corrected chi connectivity index (χ2v) is 8.78. The number of aromatic amines is 1. The summed E-state index contributed by atoms with van der Waals surface area (Å²) >= 11 is 0. The van der Waals surface area contributed by atoms with Crippen molar-refractivity contribution in [2.24, 2.45) is 4.36 Å². The molecule has 1 aliphatic rings. The summed E-state index contributed by atoms with van der Waals surface area (Å²) in [6.45, 7) is 3.96. The summed E-state index contributed by atoms with van der Waals surface area (Å²) in [7, 11) is -2.37. The quantitative estimate of drug-likeness (QED) is 0.885. The van der Waals surface area contributed by atoms with Crippen molar-refractivity contribution in [1.82, 2.24) is 15.0 Å². The van der Waals surface area contributed by atoms with Gasteiger partial charge in [0.25, 0.3) is 0 Å². The largest absolute Gasteiger partial charge is 0.377 e. The minimum atomic E-state index is -2.37. The van der Waals surface area contributed by atoms with E-state index < -0.39 is 9.73 Å². The van der Waals surface area contributed by atoms with E-state index in [-0.39, 0.29) is 11.6 Å². The van der Waals surface area contributed by atoms with Crippen LogP contribution in [0.2, 0.25) is 0 Å². The van der Waals surface area contributed by atoms with Crippen molar-refractivity contribution in [2.45, 2.75) is 13.0 Å². The molecule has 9 heteroatoms. The molecule has 134 valence electrons. The SMILES string of the molecule is C[C@@H]1COCCN1c1cc(N=S(C)(C)=O)nc(-c2cc[nH]c(=O)c2)n1. The van der Waals surface area contributed by atoms with Crippen molar-refractivity contribution in [3.63, 3.8) is 0 Å². The van der Waals surface area contributed by atoms with E-state index in [2.05, 4.69) is 24.2 Å². The van der Waals surface area contributed by atoms with Crippen molar-refractivity contribution in [3.05, 3.63) is 34.7 Å². The Morgan fingerprint density at radius 3 is 2.84 bits per heavy atom.